The molecule has 126 valence electrons. The molecule has 0 spiro atoms. The maximum absolute atomic E-state index is 13.8. The number of benzene rings is 1. The highest BCUT2D eigenvalue weighted by Gasteiger charge is 2.37. The smallest absolute Gasteiger partial charge is 0.194 e. The van der Waals surface area contributed by atoms with E-state index in [1.165, 1.54) is 6.07 Å². The molecule has 0 saturated heterocycles. The Kier molecular flexibility index (Phi) is 6.24. The molecule has 6 heteroatoms. The zero-order valence-electron chi connectivity index (χ0n) is 14.0. The molecule has 0 bridgehead atoms. The third kappa shape index (κ3) is 4.33. The number of halogens is 3. The molecule has 2 N–H and O–H groups in total. The lowest BCUT2D eigenvalue weighted by Gasteiger charge is -2.36. The van der Waals surface area contributed by atoms with Crippen molar-refractivity contribution in [3.63, 3.8) is 0 Å². The van der Waals surface area contributed by atoms with Crippen molar-refractivity contribution in [2.75, 3.05) is 13.2 Å². The summed E-state index contributed by atoms with van der Waals surface area (Å²) < 4.78 is 46.2. The zero-order valence-corrected chi connectivity index (χ0v) is 15.0. The summed E-state index contributed by atoms with van der Waals surface area (Å²) in [5.74, 6) is -4.17. The van der Waals surface area contributed by atoms with Gasteiger partial charge < -0.3 is 10.2 Å². The molecular weight excluding hydrogens is 307 g/mol. The summed E-state index contributed by atoms with van der Waals surface area (Å²) in [7, 11) is -1.89. The van der Waals surface area contributed by atoms with Crippen LogP contribution in [0.15, 0.2) is 12.1 Å². The van der Waals surface area contributed by atoms with Crippen molar-refractivity contribution >= 4 is 8.32 Å². The lowest BCUT2D eigenvalue weighted by atomic mass is 9.95. The summed E-state index contributed by atoms with van der Waals surface area (Å²) in [6.45, 7) is 11.2. The van der Waals surface area contributed by atoms with Crippen LogP contribution in [0.5, 0.6) is 0 Å². The minimum Gasteiger partial charge on any atom is -0.417 e. The van der Waals surface area contributed by atoms with Crippen molar-refractivity contribution in [1.29, 1.82) is 0 Å². The number of hydrogen-bond acceptors (Lipinski definition) is 2. The van der Waals surface area contributed by atoms with Crippen LogP contribution in [0, 0.1) is 17.5 Å². The maximum Gasteiger partial charge on any atom is 0.194 e. The van der Waals surface area contributed by atoms with Crippen LogP contribution in [-0.2, 0) is 4.43 Å². The molecular formula is C16H26F3NOSi. The van der Waals surface area contributed by atoms with Crippen LogP contribution in [-0.4, -0.2) is 21.5 Å². The first-order valence-electron chi connectivity index (χ1n) is 7.48. The molecule has 0 aliphatic heterocycles. The second kappa shape index (κ2) is 7.15. The fourth-order valence-electron chi connectivity index (χ4n) is 1.93. The highest BCUT2D eigenvalue weighted by molar-refractivity contribution is 6.74. The van der Waals surface area contributed by atoms with E-state index in [0.29, 0.717) is 13.0 Å². The summed E-state index contributed by atoms with van der Waals surface area (Å²) in [6, 6.07) is 2.20. The van der Waals surface area contributed by atoms with Gasteiger partial charge in [-0.3, -0.25) is 0 Å². The van der Waals surface area contributed by atoms with Crippen molar-refractivity contribution in [2.45, 2.75) is 51.2 Å². The van der Waals surface area contributed by atoms with Crippen LogP contribution in [0.2, 0.25) is 18.1 Å². The lowest BCUT2D eigenvalue weighted by molar-refractivity contribution is 0.270. The predicted molar refractivity (Wildman–Crippen MR) is 85.9 cm³/mol. The van der Waals surface area contributed by atoms with Gasteiger partial charge in [-0.15, -0.1) is 0 Å². The van der Waals surface area contributed by atoms with Crippen molar-refractivity contribution in [2.24, 2.45) is 5.73 Å². The summed E-state index contributed by atoms with van der Waals surface area (Å²) >= 11 is 0. The second-order valence-corrected chi connectivity index (χ2v) is 11.9. The topological polar surface area (TPSA) is 35.2 Å². The maximum atomic E-state index is 13.8. The monoisotopic (exact) mass is 333 g/mol. The second-order valence-electron chi connectivity index (χ2n) is 7.09. The van der Waals surface area contributed by atoms with E-state index in [0.717, 1.165) is 6.07 Å². The SMILES string of the molecule is CC(C)(C)[Si](C)(C)OCCC(CN)c1ccc(F)c(F)c1F. The van der Waals surface area contributed by atoms with Gasteiger partial charge in [-0.25, -0.2) is 13.2 Å². The zero-order chi connectivity index (χ0) is 17.1. The number of rotatable bonds is 6. The van der Waals surface area contributed by atoms with Gasteiger partial charge in [-0.2, -0.15) is 0 Å². The molecule has 1 aromatic carbocycles. The molecule has 22 heavy (non-hydrogen) atoms. The van der Waals surface area contributed by atoms with Gasteiger partial charge in [-0.1, -0.05) is 26.8 Å². The van der Waals surface area contributed by atoms with Crippen molar-refractivity contribution in [3.8, 4) is 0 Å². The van der Waals surface area contributed by atoms with E-state index in [4.69, 9.17) is 10.2 Å². The van der Waals surface area contributed by atoms with E-state index in [-0.39, 0.29) is 23.1 Å². The van der Waals surface area contributed by atoms with Crippen molar-refractivity contribution in [3.05, 3.63) is 35.1 Å². The van der Waals surface area contributed by atoms with Gasteiger partial charge in [0.15, 0.2) is 25.8 Å². The summed E-state index contributed by atoms with van der Waals surface area (Å²) in [5, 5.41) is 0.0818. The Bertz CT molecular complexity index is 515. The first kappa shape index (κ1) is 19.2. The highest BCUT2D eigenvalue weighted by Crippen LogP contribution is 2.37. The summed E-state index contributed by atoms with van der Waals surface area (Å²) in [4.78, 5) is 0. The minimum absolute atomic E-state index is 0.0818. The summed E-state index contributed by atoms with van der Waals surface area (Å²) in [5.41, 5.74) is 5.78. The Morgan fingerprint density at radius 3 is 2.23 bits per heavy atom. The summed E-state index contributed by atoms with van der Waals surface area (Å²) in [6.07, 6.45) is 0.477. The number of hydrogen-bond donors (Lipinski definition) is 1. The van der Waals surface area contributed by atoms with Crippen LogP contribution >= 0.6 is 0 Å². The van der Waals surface area contributed by atoms with Crippen LogP contribution in [0.1, 0.15) is 38.7 Å². The molecule has 0 aliphatic carbocycles. The van der Waals surface area contributed by atoms with Crippen molar-refractivity contribution in [1.82, 2.24) is 0 Å². The van der Waals surface area contributed by atoms with Crippen LogP contribution < -0.4 is 5.73 Å². The fraction of sp³-hybridized carbons (Fsp3) is 0.625. The molecule has 1 atom stereocenters. The van der Waals surface area contributed by atoms with E-state index in [9.17, 15) is 13.2 Å². The van der Waals surface area contributed by atoms with E-state index in [2.05, 4.69) is 33.9 Å². The fourth-order valence-corrected chi connectivity index (χ4v) is 2.99. The van der Waals surface area contributed by atoms with Gasteiger partial charge in [0.2, 0.25) is 0 Å². The Hall–Kier alpha value is -0.853. The lowest BCUT2D eigenvalue weighted by Crippen LogP contribution is -2.41. The Morgan fingerprint density at radius 2 is 1.73 bits per heavy atom. The number of nitrogens with two attached hydrogens (primary N) is 1. The quantitative estimate of drug-likeness (QED) is 0.612. The van der Waals surface area contributed by atoms with Crippen LogP contribution in [0.25, 0.3) is 0 Å². The molecule has 1 unspecified atom stereocenters. The molecule has 0 aliphatic rings. The first-order chi connectivity index (χ1) is 10.0. The molecule has 0 amide bonds. The first-order valence-corrected chi connectivity index (χ1v) is 10.4. The van der Waals surface area contributed by atoms with Gasteiger partial charge in [-0.05, 0) is 42.7 Å². The average Bonchev–Trinajstić information content (AvgIpc) is 2.41. The van der Waals surface area contributed by atoms with Gasteiger partial charge in [0.25, 0.3) is 0 Å². The standard InChI is InChI=1S/C16H26F3NOSi/c1-16(2,3)22(4,5)21-9-8-11(10-20)12-6-7-13(17)15(19)14(12)18/h6-7,11H,8-10,20H2,1-5H3. The highest BCUT2D eigenvalue weighted by atomic mass is 28.4. The van der Waals surface area contributed by atoms with Gasteiger partial charge in [0.1, 0.15) is 0 Å². The molecule has 0 heterocycles. The molecule has 0 radical (unpaired) electrons. The van der Waals surface area contributed by atoms with Gasteiger partial charge in [0, 0.05) is 12.5 Å². The molecule has 0 fully saturated rings. The van der Waals surface area contributed by atoms with E-state index in [1.807, 2.05) is 0 Å². The molecule has 1 rings (SSSR count). The molecule has 0 aromatic heterocycles. The third-order valence-corrected chi connectivity index (χ3v) is 9.06. The van der Waals surface area contributed by atoms with Crippen LogP contribution in [0.3, 0.4) is 0 Å². The minimum atomic E-state index is -1.89. The normalized spacial score (nSPS) is 14.2. The largest absolute Gasteiger partial charge is 0.417 e. The van der Waals surface area contributed by atoms with Gasteiger partial charge in [0.05, 0.1) is 0 Å². The van der Waals surface area contributed by atoms with Gasteiger partial charge >= 0.3 is 0 Å². The van der Waals surface area contributed by atoms with E-state index >= 15 is 0 Å². The van der Waals surface area contributed by atoms with Crippen molar-refractivity contribution < 1.29 is 17.6 Å². The Balaban J connectivity index is 2.78. The van der Waals surface area contributed by atoms with Crippen LogP contribution in [0.4, 0.5) is 13.2 Å². The Labute approximate surface area is 132 Å². The molecule has 1 aromatic rings. The third-order valence-electron chi connectivity index (χ3n) is 4.52. The van der Waals surface area contributed by atoms with E-state index < -0.39 is 25.8 Å². The molecule has 2 nitrogen and oxygen atoms in total. The Morgan fingerprint density at radius 1 is 1.14 bits per heavy atom. The average molecular weight is 333 g/mol. The van der Waals surface area contributed by atoms with E-state index in [1.54, 1.807) is 0 Å². The molecule has 0 saturated carbocycles. The predicted octanol–water partition coefficient (Wildman–Crippen LogP) is 4.56.